The summed E-state index contributed by atoms with van der Waals surface area (Å²) >= 11 is 0. The van der Waals surface area contributed by atoms with Gasteiger partial charge in [0.15, 0.2) is 11.4 Å². The molecule has 3 atom stereocenters. The van der Waals surface area contributed by atoms with Gasteiger partial charge in [-0.25, -0.2) is 4.99 Å². The van der Waals surface area contributed by atoms with Crippen LogP contribution in [0.5, 0.6) is 11.5 Å². The Labute approximate surface area is 234 Å². The standard InChI is InChI=1S/C27H37N3O7S2/c1-27(2,34)19-10-16-22(36-19)17-12-39-38-11-13(30-26(28)29)9-18(32)23-15(7-8-31)21(33)20(25(17)37-23)24(16)35-14-5-3-4-6-14/h13-14,18-19,31-32,34H,3-12H2,1-2H3,(H4,28,29,30)/t13-,18-,19-/m1/s1. The van der Waals surface area contributed by atoms with Crippen LogP contribution < -0.4 is 26.4 Å². The fourth-order valence-corrected chi connectivity index (χ4v) is 7.94. The van der Waals surface area contributed by atoms with E-state index in [0.717, 1.165) is 31.2 Å². The summed E-state index contributed by atoms with van der Waals surface area (Å²) in [7, 11) is 3.10. The van der Waals surface area contributed by atoms with E-state index in [4.69, 9.17) is 25.4 Å². The first-order valence-electron chi connectivity index (χ1n) is 13.4. The highest BCUT2D eigenvalue weighted by Gasteiger charge is 2.41. The fraction of sp³-hybridized carbons (Fsp3) is 0.630. The number of aliphatic hydroxyl groups excluding tert-OH is 2. The molecular weight excluding hydrogens is 542 g/mol. The van der Waals surface area contributed by atoms with Gasteiger partial charge in [0, 0.05) is 54.1 Å². The lowest BCUT2D eigenvalue weighted by atomic mass is 9.93. The van der Waals surface area contributed by atoms with Crippen LogP contribution >= 0.6 is 21.6 Å². The van der Waals surface area contributed by atoms with E-state index < -0.39 is 23.9 Å². The van der Waals surface area contributed by atoms with Gasteiger partial charge in [0.25, 0.3) is 0 Å². The first-order valence-corrected chi connectivity index (χ1v) is 15.9. The van der Waals surface area contributed by atoms with Crippen LogP contribution in [0.1, 0.15) is 74.5 Å². The lowest BCUT2D eigenvalue weighted by molar-refractivity contribution is -0.0231. The predicted molar refractivity (Wildman–Crippen MR) is 154 cm³/mol. The molecule has 2 aromatic rings. The van der Waals surface area contributed by atoms with Gasteiger partial charge in [-0.05, 0) is 39.5 Å². The number of guanidine groups is 1. The number of hydrogen-bond donors (Lipinski definition) is 5. The molecule has 1 aromatic heterocycles. The first kappa shape index (κ1) is 28.4. The van der Waals surface area contributed by atoms with Crippen LogP contribution in [0.4, 0.5) is 0 Å². The first-order chi connectivity index (χ1) is 18.6. The second-order valence-corrected chi connectivity index (χ2v) is 13.6. The normalized spacial score (nSPS) is 23.9. The third kappa shape index (κ3) is 5.72. The largest absolute Gasteiger partial charge is 0.489 e. The topological polar surface area (TPSA) is 174 Å². The summed E-state index contributed by atoms with van der Waals surface area (Å²) in [4.78, 5) is 18.5. The highest BCUT2D eigenvalue weighted by molar-refractivity contribution is 8.76. The van der Waals surface area contributed by atoms with E-state index in [2.05, 4.69) is 4.99 Å². The smallest absolute Gasteiger partial charge is 0.200 e. The molecule has 0 spiro atoms. The van der Waals surface area contributed by atoms with Crippen molar-refractivity contribution in [2.75, 3.05) is 12.4 Å². The van der Waals surface area contributed by atoms with E-state index in [1.54, 1.807) is 35.4 Å². The van der Waals surface area contributed by atoms with Crippen LogP contribution in [0, 0.1) is 0 Å². The average Bonchev–Trinajstić information content (AvgIpc) is 3.53. The summed E-state index contributed by atoms with van der Waals surface area (Å²) in [6.07, 6.45) is 2.66. The number of aliphatic imine (C=N–C) groups is 1. The molecule has 5 rings (SSSR count). The maximum atomic E-state index is 14.2. The van der Waals surface area contributed by atoms with Crippen molar-refractivity contribution in [2.45, 2.75) is 94.5 Å². The van der Waals surface area contributed by atoms with E-state index in [1.807, 2.05) is 0 Å². The minimum absolute atomic E-state index is 0.0131. The second kappa shape index (κ2) is 11.4. The lowest BCUT2D eigenvalue weighted by Crippen LogP contribution is -2.39. The highest BCUT2D eigenvalue weighted by atomic mass is 33.1. The summed E-state index contributed by atoms with van der Waals surface area (Å²) in [6.45, 7) is 3.11. The maximum absolute atomic E-state index is 14.2. The summed E-state index contributed by atoms with van der Waals surface area (Å²) in [5, 5.41) is 32.3. The number of fused-ring (bicyclic) bond motifs is 3. The van der Waals surface area contributed by atoms with Gasteiger partial charge in [-0.1, -0.05) is 21.6 Å². The van der Waals surface area contributed by atoms with Crippen LogP contribution in [-0.4, -0.2) is 57.5 Å². The van der Waals surface area contributed by atoms with E-state index in [0.29, 0.717) is 46.0 Å². The molecule has 0 radical (unpaired) electrons. The molecule has 3 aliphatic rings. The van der Waals surface area contributed by atoms with Crippen molar-refractivity contribution in [1.82, 2.24) is 0 Å². The number of aliphatic hydroxyl groups is 3. The van der Waals surface area contributed by atoms with Gasteiger partial charge in [-0.15, -0.1) is 0 Å². The third-order valence-corrected chi connectivity index (χ3v) is 9.98. The number of nitrogens with two attached hydrogens (primary N) is 2. The number of benzene rings is 1. The summed E-state index contributed by atoms with van der Waals surface area (Å²) in [5.41, 5.74) is 11.8. The minimum atomic E-state index is -1.18. The molecule has 3 heterocycles. The molecule has 10 nitrogen and oxygen atoms in total. The SMILES string of the molecule is CC(C)(O)[C@H]1Cc2c(c3c4oc(c(CCO)c(=O)c4c2OC2CCCC2)[C@H](O)C[C@@H](N=C(N)N)CSSC3)O1. The van der Waals surface area contributed by atoms with Crippen LogP contribution in [0.3, 0.4) is 0 Å². The van der Waals surface area contributed by atoms with Crippen molar-refractivity contribution in [2.24, 2.45) is 16.5 Å². The molecule has 2 aliphatic heterocycles. The van der Waals surface area contributed by atoms with Crippen molar-refractivity contribution < 1.29 is 29.2 Å². The Morgan fingerprint density at radius 3 is 2.62 bits per heavy atom. The summed E-state index contributed by atoms with van der Waals surface area (Å²) in [5.74, 6) is 1.98. The Morgan fingerprint density at radius 2 is 1.95 bits per heavy atom. The Hall–Kier alpha value is -2.12. The van der Waals surface area contributed by atoms with E-state index in [1.165, 1.54) is 0 Å². The molecule has 0 saturated heterocycles. The third-order valence-electron chi connectivity index (χ3n) is 7.62. The zero-order chi connectivity index (χ0) is 27.9. The molecule has 2 bridgehead atoms. The number of rotatable bonds is 6. The molecule has 1 aliphatic carbocycles. The molecule has 1 saturated carbocycles. The molecule has 39 heavy (non-hydrogen) atoms. The molecule has 7 N–H and O–H groups in total. The van der Waals surface area contributed by atoms with Crippen LogP contribution in [0.2, 0.25) is 0 Å². The average molecular weight is 580 g/mol. The van der Waals surface area contributed by atoms with Gasteiger partial charge >= 0.3 is 0 Å². The van der Waals surface area contributed by atoms with Crippen molar-refractivity contribution in [3.05, 3.63) is 32.7 Å². The van der Waals surface area contributed by atoms with Crippen molar-refractivity contribution in [3.8, 4) is 11.5 Å². The Balaban J connectivity index is 1.77. The predicted octanol–water partition coefficient (Wildman–Crippen LogP) is 2.68. The lowest BCUT2D eigenvalue weighted by Gasteiger charge is -2.25. The Morgan fingerprint density at radius 1 is 1.21 bits per heavy atom. The van der Waals surface area contributed by atoms with E-state index in [9.17, 15) is 20.1 Å². The molecule has 0 unspecified atom stereocenters. The quantitative estimate of drug-likeness (QED) is 0.193. The molecule has 214 valence electrons. The fourth-order valence-electron chi connectivity index (χ4n) is 5.65. The molecule has 0 amide bonds. The number of ether oxygens (including phenoxy) is 2. The molecule has 12 heteroatoms. The number of nitrogens with zero attached hydrogens (tertiary/aromatic N) is 1. The minimum Gasteiger partial charge on any atom is -0.489 e. The van der Waals surface area contributed by atoms with E-state index >= 15 is 0 Å². The van der Waals surface area contributed by atoms with Crippen LogP contribution in [0.15, 0.2) is 14.2 Å². The molecule has 1 fully saturated rings. The zero-order valence-corrected chi connectivity index (χ0v) is 23.9. The Kier molecular flexibility index (Phi) is 8.30. The van der Waals surface area contributed by atoms with Crippen molar-refractivity contribution in [1.29, 1.82) is 0 Å². The van der Waals surface area contributed by atoms with Gasteiger partial charge in [-0.3, -0.25) is 4.79 Å². The monoisotopic (exact) mass is 579 g/mol. The number of hydrogen-bond acceptors (Lipinski definition) is 10. The van der Waals surface area contributed by atoms with Gasteiger partial charge in [-0.2, -0.15) is 0 Å². The summed E-state index contributed by atoms with van der Waals surface area (Å²) < 4.78 is 19.4. The van der Waals surface area contributed by atoms with Crippen LogP contribution in [-0.2, 0) is 18.6 Å². The van der Waals surface area contributed by atoms with Gasteiger partial charge in [0.1, 0.15) is 40.4 Å². The van der Waals surface area contributed by atoms with Gasteiger partial charge in [0.2, 0.25) is 0 Å². The second-order valence-electron chi connectivity index (χ2n) is 11.1. The van der Waals surface area contributed by atoms with Crippen LogP contribution in [0.25, 0.3) is 11.0 Å². The molecule has 1 aromatic carbocycles. The maximum Gasteiger partial charge on any atom is 0.200 e. The Bertz CT molecular complexity index is 1310. The highest BCUT2D eigenvalue weighted by Crippen LogP contribution is 2.50. The van der Waals surface area contributed by atoms with Crippen molar-refractivity contribution >= 4 is 38.5 Å². The molecular formula is C27H37N3O7S2. The van der Waals surface area contributed by atoms with Gasteiger partial charge in [0.05, 0.1) is 17.7 Å². The zero-order valence-electron chi connectivity index (χ0n) is 22.3. The van der Waals surface area contributed by atoms with Gasteiger partial charge < -0.3 is 40.7 Å². The summed E-state index contributed by atoms with van der Waals surface area (Å²) in [6, 6.07) is -0.408. The van der Waals surface area contributed by atoms with Crippen molar-refractivity contribution in [3.63, 3.8) is 0 Å². The van der Waals surface area contributed by atoms with E-state index in [-0.39, 0.29) is 48.3 Å².